The summed E-state index contributed by atoms with van der Waals surface area (Å²) >= 11 is 0. The van der Waals surface area contributed by atoms with E-state index in [1.165, 1.54) is 26.0 Å². The second-order valence-electron chi connectivity index (χ2n) is 18.3. The maximum absolute atomic E-state index is 14.5. The molecule has 7 rings (SSSR count). The van der Waals surface area contributed by atoms with Crippen LogP contribution in [0.4, 0.5) is 0 Å². The van der Waals surface area contributed by atoms with E-state index in [9.17, 15) is 39.3 Å². The summed E-state index contributed by atoms with van der Waals surface area (Å²) in [5.41, 5.74) is 0.195. The summed E-state index contributed by atoms with van der Waals surface area (Å²) in [5, 5.41) is 45.2. The molecule has 16 heteroatoms. The quantitative estimate of drug-likeness (QED) is 0.0821. The van der Waals surface area contributed by atoms with Crippen molar-refractivity contribution in [3.8, 4) is 0 Å². The van der Waals surface area contributed by atoms with E-state index in [2.05, 4.69) is 10.6 Å². The van der Waals surface area contributed by atoms with Gasteiger partial charge in [0, 0.05) is 55.8 Å². The molecular weight excluding hydrogens is 839 g/mol. The molecule has 65 heavy (non-hydrogen) atoms. The van der Waals surface area contributed by atoms with Gasteiger partial charge in [-0.25, -0.2) is 9.59 Å². The molecule has 3 fully saturated rings. The molecule has 0 radical (unpaired) electrons. The number of nitrogens with two attached hydrogens (primary N) is 1. The zero-order valence-corrected chi connectivity index (χ0v) is 37.4. The van der Waals surface area contributed by atoms with Crippen molar-refractivity contribution >= 4 is 29.8 Å². The predicted molar refractivity (Wildman–Crippen MR) is 234 cm³/mol. The first-order chi connectivity index (χ1) is 30.8. The minimum atomic E-state index is -2.30. The summed E-state index contributed by atoms with van der Waals surface area (Å²) in [6.07, 6.45) is -9.43. The van der Waals surface area contributed by atoms with Crippen LogP contribution in [0.2, 0.25) is 0 Å². The van der Waals surface area contributed by atoms with Crippen LogP contribution in [0.1, 0.15) is 86.7 Å². The van der Waals surface area contributed by atoms with E-state index in [1.54, 1.807) is 107 Å². The van der Waals surface area contributed by atoms with Crippen molar-refractivity contribution < 1.29 is 63.0 Å². The highest BCUT2D eigenvalue weighted by molar-refractivity contribution is 5.95. The number of carbonyl (C=O) groups is 5. The minimum Gasteiger partial charge on any atom is -0.456 e. The Kier molecular flexibility index (Phi) is 13.4. The van der Waals surface area contributed by atoms with Gasteiger partial charge in [-0.15, -0.1) is 0 Å². The van der Waals surface area contributed by atoms with Gasteiger partial charge >= 0.3 is 23.9 Å². The smallest absolute Gasteiger partial charge is 0.338 e. The zero-order chi connectivity index (χ0) is 47.1. The van der Waals surface area contributed by atoms with Gasteiger partial charge in [-0.3, -0.25) is 14.4 Å². The van der Waals surface area contributed by atoms with Gasteiger partial charge < -0.3 is 55.4 Å². The van der Waals surface area contributed by atoms with E-state index >= 15 is 0 Å². The lowest BCUT2D eigenvalue weighted by Crippen LogP contribution is -2.83. The summed E-state index contributed by atoms with van der Waals surface area (Å²) in [7, 11) is 0. The van der Waals surface area contributed by atoms with E-state index in [1.807, 2.05) is 0 Å². The second kappa shape index (κ2) is 18.4. The third-order valence-corrected chi connectivity index (χ3v) is 14.3. The highest BCUT2D eigenvalue weighted by Gasteiger charge is 2.78. The lowest BCUT2D eigenvalue weighted by molar-refractivity contribution is -0.353. The van der Waals surface area contributed by atoms with Crippen molar-refractivity contribution in [1.29, 1.82) is 0 Å². The van der Waals surface area contributed by atoms with Crippen molar-refractivity contribution in [2.75, 3.05) is 19.7 Å². The van der Waals surface area contributed by atoms with Gasteiger partial charge in [-0.1, -0.05) is 87.5 Å². The lowest BCUT2D eigenvalue weighted by Gasteiger charge is -2.69. The Bertz CT molecular complexity index is 2290. The largest absolute Gasteiger partial charge is 0.456 e. The molecule has 0 spiro atoms. The number of benzene rings is 3. The summed E-state index contributed by atoms with van der Waals surface area (Å²) in [4.78, 5) is 68.9. The lowest BCUT2D eigenvalue weighted by atomic mass is 9.43. The molecule has 1 amide bonds. The summed E-state index contributed by atoms with van der Waals surface area (Å²) < 4.78 is 31.3. The molecule has 7 N–H and O–H groups in total. The molecule has 16 nitrogen and oxygen atoms in total. The molecule has 3 aliphatic carbocycles. The molecule has 4 aliphatic rings. The fraction of sp³-hybridized carbons (Fsp3) is 0.490. The molecule has 3 aromatic carbocycles. The molecular formula is C49H59N3O13. The van der Waals surface area contributed by atoms with Crippen molar-refractivity contribution in [3.05, 3.63) is 119 Å². The Balaban J connectivity index is 1.41. The molecule has 1 aliphatic heterocycles. The Labute approximate surface area is 377 Å². The maximum Gasteiger partial charge on any atom is 0.338 e. The van der Waals surface area contributed by atoms with E-state index in [0.29, 0.717) is 5.56 Å². The molecule has 12 atom stereocenters. The monoisotopic (exact) mass is 897 g/mol. The normalized spacial score (nSPS) is 32.1. The number of esters is 4. The summed E-state index contributed by atoms with van der Waals surface area (Å²) in [6, 6.07) is 22.7. The zero-order valence-electron chi connectivity index (χ0n) is 37.4. The molecule has 348 valence electrons. The van der Waals surface area contributed by atoms with E-state index in [4.69, 9.17) is 29.4 Å². The molecule has 0 unspecified atom stereocenters. The SMILES string of the molecule is CC(=O)O[C@@H]1C2=C(C)[C@@H](OC(=O)[C@H](O)[C@@H](NC(=O)c3ccccc3)c3ccccc3)C[C@@](O)([C@@H](OC(=O)c3ccccc3)[C@@H]3[C@]4(OC(C)=O)CO[C@@H]4C[C@H](NCCN)[C@@]3(C)[C@H]1O)C2(C)C. The van der Waals surface area contributed by atoms with Gasteiger partial charge in [0.05, 0.1) is 24.1 Å². The summed E-state index contributed by atoms with van der Waals surface area (Å²) in [6.45, 7) is 9.27. The van der Waals surface area contributed by atoms with Gasteiger partial charge in [0.25, 0.3) is 5.91 Å². The van der Waals surface area contributed by atoms with E-state index in [-0.39, 0.29) is 48.4 Å². The molecule has 2 saturated carbocycles. The molecule has 1 saturated heterocycles. The molecule has 1 heterocycles. The van der Waals surface area contributed by atoms with Crippen LogP contribution in [0.3, 0.4) is 0 Å². The second-order valence-corrected chi connectivity index (χ2v) is 18.3. The fourth-order valence-corrected chi connectivity index (χ4v) is 11.0. The van der Waals surface area contributed by atoms with Gasteiger partial charge in [-0.2, -0.15) is 0 Å². The number of rotatable bonds is 13. The van der Waals surface area contributed by atoms with Crippen LogP contribution in [0, 0.1) is 16.7 Å². The van der Waals surface area contributed by atoms with Crippen LogP contribution in [0.15, 0.2) is 102 Å². The average Bonchev–Trinajstić information content (AvgIpc) is 3.27. The minimum absolute atomic E-state index is 0.130. The third-order valence-electron chi connectivity index (χ3n) is 14.3. The number of aliphatic hydroxyl groups is 3. The fourth-order valence-electron chi connectivity index (χ4n) is 11.0. The standard InChI is InChI=1S/C49H59N3O13/c1-27-33(63-45(59)38(55)37(30-16-10-7-11-17-30)52-43(57)31-18-12-8-13-19-31)25-49(60)42(64-44(58)32-20-14-9-15-21-32)40-47(6,41(56)39(62-28(2)53)36(27)46(49,4)5)34(51-23-22-50)24-35-48(40,26-61-35)65-29(3)54/h7-21,33-35,37-42,51,55-56,60H,22-26,50H2,1-6H3,(H,52,57)/t33-,34-,35+,37-,38+,39+,40-,41-,42-,47+,48-,49+/m0/s1. The highest BCUT2D eigenvalue weighted by atomic mass is 16.6. The van der Waals surface area contributed by atoms with Crippen LogP contribution in [0.25, 0.3) is 0 Å². The number of ether oxygens (including phenoxy) is 5. The van der Waals surface area contributed by atoms with Crippen LogP contribution in [0.5, 0.6) is 0 Å². The Hall–Kier alpha value is -5.49. The first-order valence-corrected chi connectivity index (χ1v) is 21.9. The van der Waals surface area contributed by atoms with Crippen LogP contribution >= 0.6 is 0 Å². The first-order valence-electron chi connectivity index (χ1n) is 21.9. The average molecular weight is 898 g/mol. The molecule has 3 aromatic rings. The van der Waals surface area contributed by atoms with Crippen LogP contribution in [-0.4, -0.2) is 119 Å². The molecule has 0 aromatic heterocycles. The van der Waals surface area contributed by atoms with E-state index in [0.717, 1.165) is 0 Å². The third kappa shape index (κ3) is 8.36. The van der Waals surface area contributed by atoms with E-state index < -0.39 is 113 Å². The van der Waals surface area contributed by atoms with Gasteiger partial charge in [0.2, 0.25) is 0 Å². The predicted octanol–water partition coefficient (Wildman–Crippen LogP) is 3.08. The number of amides is 1. The van der Waals surface area contributed by atoms with Crippen molar-refractivity contribution in [3.63, 3.8) is 0 Å². The Morgan fingerprint density at radius 3 is 2.02 bits per heavy atom. The number of aliphatic hydroxyl groups excluding tert-OH is 2. The molecule has 2 bridgehead atoms. The number of nitrogens with one attached hydrogen (secondary N) is 2. The van der Waals surface area contributed by atoms with Crippen molar-refractivity contribution in [2.24, 2.45) is 22.5 Å². The van der Waals surface area contributed by atoms with Crippen molar-refractivity contribution in [1.82, 2.24) is 10.6 Å². The Morgan fingerprint density at radius 1 is 0.862 bits per heavy atom. The number of hydrogen-bond donors (Lipinski definition) is 6. The van der Waals surface area contributed by atoms with Crippen molar-refractivity contribution in [2.45, 2.75) is 114 Å². The summed E-state index contributed by atoms with van der Waals surface area (Å²) in [5.74, 6) is -5.39. The first kappa shape index (κ1) is 47.5. The highest BCUT2D eigenvalue weighted by Crippen LogP contribution is 2.65. The Morgan fingerprint density at radius 2 is 1.46 bits per heavy atom. The van der Waals surface area contributed by atoms with Gasteiger partial charge in [0.1, 0.15) is 30.0 Å². The van der Waals surface area contributed by atoms with Crippen LogP contribution < -0.4 is 16.4 Å². The van der Waals surface area contributed by atoms with Gasteiger partial charge in [0.15, 0.2) is 17.8 Å². The topological polar surface area (TPSA) is 242 Å². The number of hydrogen-bond acceptors (Lipinski definition) is 15. The number of carbonyl (C=O) groups excluding carboxylic acids is 5. The maximum atomic E-state index is 14.5. The number of fused-ring (bicyclic) bond motifs is 5. The van der Waals surface area contributed by atoms with Crippen LogP contribution in [-0.2, 0) is 38.1 Å². The van der Waals surface area contributed by atoms with Gasteiger partial charge in [-0.05, 0) is 54.3 Å².